The number of thioether (sulfide) groups is 1. The molecule has 2 rings (SSSR count). The SMILES string of the molecule is CC1SCC(C(=O)O)N1C(=O)c1ccnc(F)c1F. The Balaban J connectivity index is 2.37. The summed E-state index contributed by atoms with van der Waals surface area (Å²) < 4.78 is 26.5. The molecule has 5 nitrogen and oxygen atoms in total. The lowest BCUT2D eigenvalue weighted by Gasteiger charge is -2.25. The van der Waals surface area contributed by atoms with Gasteiger partial charge in [0.05, 0.1) is 10.9 Å². The highest BCUT2D eigenvalue weighted by Crippen LogP contribution is 2.30. The van der Waals surface area contributed by atoms with Gasteiger partial charge in [-0.3, -0.25) is 4.79 Å². The first kappa shape index (κ1) is 13.7. The van der Waals surface area contributed by atoms with Gasteiger partial charge in [0.25, 0.3) is 5.91 Å². The number of carbonyl (C=O) groups is 2. The molecule has 1 fully saturated rings. The van der Waals surface area contributed by atoms with Crippen LogP contribution in [0.5, 0.6) is 0 Å². The number of nitrogens with zero attached hydrogens (tertiary/aromatic N) is 2. The summed E-state index contributed by atoms with van der Waals surface area (Å²) in [5.74, 6) is -4.53. The van der Waals surface area contributed by atoms with E-state index in [0.29, 0.717) is 0 Å². The van der Waals surface area contributed by atoms with Gasteiger partial charge in [-0.25, -0.2) is 14.2 Å². The fourth-order valence-electron chi connectivity index (χ4n) is 1.86. The standard InChI is InChI=1S/C11H10F2N2O3S/c1-5-15(7(4-19-5)11(17)18)10(16)6-2-3-14-9(13)8(6)12/h2-3,5,7H,4H2,1H3,(H,17,18). The fraction of sp³-hybridized carbons (Fsp3) is 0.364. The molecule has 8 heteroatoms. The molecule has 0 aromatic carbocycles. The lowest BCUT2D eigenvalue weighted by atomic mass is 10.2. The molecule has 1 aliphatic heterocycles. The number of carbonyl (C=O) groups excluding carboxylic acids is 1. The number of aromatic nitrogens is 1. The first-order valence-electron chi connectivity index (χ1n) is 5.40. The lowest BCUT2D eigenvalue weighted by Crippen LogP contribution is -2.45. The molecule has 1 aromatic heterocycles. The Morgan fingerprint density at radius 1 is 1.53 bits per heavy atom. The molecule has 0 saturated carbocycles. The minimum Gasteiger partial charge on any atom is -0.480 e. The number of pyridine rings is 1. The maximum Gasteiger partial charge on any atom is 0.327 e. The van der Waals surface area contributed by atoms with Crippen molar-refractivity contribution in [3.8, 4) is 0 Å². The zero-order valence-electron chi connectivity index (χ0n) is 9.84. The van der Waals surface area contributed by atoms with Gasteiger partial charge >= 0.3 is 5.97 Å². The summed E-state index contributed by atoms with van der Waals surface area (Å²) in [6.07, 6.45) is 0.968. The molecular formula is C11H10F2N2O3S. The molecular weight excluding hydrogens is 278 g/mol. The largest absolute Gasteiger partial charge is 0.480 e. The Hall–Kier alpha value is -1.70. The van der Waals surface area contributed by atoms with E-state index in [4.69, 9.17) is 5.11 Å². The number of amides is 1. The van der Waals surface area contributed by atoms with E-state index in [2.05, 4.69) is 4.98 Å². The van der Waals surface area contributed by atoms with Gasteiger partial charge in [-0.15, -0.1) is 11.8 Å². The third-order valence-corrected chi connectivity index (χ3v) is 4.04. The Bertz CT molecular complexity index is 541. The minimum absolute atomic E-state index is 0.220. The second-order valence-corrected chi connectivity index (χ2v) is 5.31. The van der Waals surface area contributed by atoms with Crippen molar-refractivity contribution in [2.75, 3.05) is 5.75 Å². The van der Waals surface area contributed by atoms with Gasteiger partial charge in [0.2, 0.25) is 5.95 Å². The van der Waals surface area contributed by atoms with Gasteiger partial charge in [0, 0.05) is 11.9 Å². The van der Waals surface area contributed by atoms with Crippen molar-refractivity contribution >= 4 is 23.6 Å². The molecule has 2 atom stereocenters. The fourth-order valence-corrected chi connectivity index (χ4v) is 3.03. The molecule has 19 heavy (non-hydrogen) atoms. The second kappa shape index (κ2) is 5.12. The van der Waals surface area contributed by atoms with E-state index in [1.165, 1.54) is 11.8 Å². The number of hydrogen-bond donors (Lipinski definition) is 1. The highest BCUT2D eigenvalue weighted by atomic mass is 32.2. The zero-order chi connectivity index (χ0) is 14.2. The summed E-state index contributed by atoms with van der Waals surface area (Å²) in [5.41, 5.74) is -0.506. The van der Waals surface area contributed by atoms with Gasteiger partial charge in [-0.05, 0) is 13.0 Å². The average molecular weight is 288 g/mol. The van der Waals surface area contributed by atoms with Crippen LogP contribution < -0.4 is 0 Å². The number of halogens is 2. The Morgan fingerprint density at radius 2 is 2.21 bits per heavy atom. The Kier molecular flexibility index (Phi) is 3.70. The Labute approximate surface area is 111 Å². The molecule has 2 heterocycles. The van der Waals surface area contributed by atoms with Crippen molar-refractivity contribution < 1.29 is 23.5 Å². The van der Waals surface area contributed by atoms with Crippen molar-refractivity contribution in [2.45, 2.75) is 18.3 Å². The van der Waals surface area contributed by atoms with E-state index >= 15 is 0 Å². The molecule has 0 bridgehead atoms. The first-order valence-corrected chi connectivity index (χ1v) is 6.45. The molecule has 1 saturated heterocycles. The van der Waals surface area contributed by atoms with Crippen LogP contribution in [0.1, 0.15) is 17.3 Å². The van der Waals surface area contributed by atoms with Crippen molar-refractivity contribution in [3.05, 3.63) is 29.6 Å². The summed E-state index contributed by atoms with van der Waals surface area (Å²) in [6.45, 7) is 1.64. The van der Waals surface area contributed by atoms with Crippen molar-refractivity contribution in [1.29, 1.82) is 0 Å². The van der Waals surface area contributed by atoms with E-state index in [1.54, 1.807) is 6.92 Å². The maximum absolute atomic E-state index is 13.5. The summed E-state index contributed by atoms with van der Waals surface area (Å²) in [5, 5.41) is 8.62. The second-order valence-electron chi connectivity index (χ2n) is 3.96. The van der Waals surface area contributed by atoms with E-state index in [0.717, 1.165) is 17.2 Å². The van der Waals surface area contributed by atoms with E-state index in [1.807, 2.05) is 0 Å². The summed E-state index contributed by atoms with van der Waals surface area (Å²) in [6, 6.07) is -0.00170. The van der Waals surface area contributed by atoms with Crippen LogP contribution in [0.25, 0.3) is 0 Å². The summed E-state index contributed by atoms with van der Waals surface area (Å²) in [7, 11) is 0. The molecule has 1 aromatic rings. The van der Waals surface area contributed by atoms with Crippen molar-refractivity contribution in [3.63, 3.8) is 0 Å². The maximum atomic E-state index is 13.5. The van der Waals surface area contributed by atoms with Crippen LogP contribution in [-0.4, -0.2) is 44.0 Å². The molecule has 1 aliphatic rings. The molecule has 0 aliphatic carbocycles. The van der Waals surface area contributed by atoms with Crippen molar-refractivity contribution in [1.82, 2.24) is 9.88 Å². The van der Waals surface area contributed by atoms with E-state index in [-0.39, 0.29) is 5.75 Å². The lowest BCUT2D eigenvalue weighted by molar-refractivity contribution is -0.141. The van der Waals surface area contributed by atoms with Crippen LogP contribution in [0.15, 0.2) is 12.3 Å². The van der Waals surface area contributed by atoms with Crippen LogP contribution in [0, 0.1) is 11.8 Å². The van der Waals surface area contributed by atoms with Gasteiger partial charge in [0.15, 0.2) is 5.82 Å². The molecule has 0 spiro atoms. The molecule has 1 N–H and O–H groups in total. The number of aliphatic carboxylic acids is 1. The third kappa shape index (κ3) is 2.40. The zero-order valence-corrected chi connectivity index (χ0v) is 10.7. The highest BCUT2D eigenvalue weighted by molar-refractivity contribution is 8.00. The quantitative estimate of drug-likeness (QED) is 0.832. The smallest absolute Gasteiger partial charge is 0.327 e. The predicted octanol–water partition coefficient (Wildman–Crippen LogP) is 1.35. The molecule has 1 amide bonds. The van der Waals surface area contributed by atoms with Gasteiger partial charge in [0.1, 0.15) is 6.04 Å². The van der Waals surface area contributed by atoms with E-state index in [9.17, 15) is 18.4 Å². The normalized spacial score (nSPS) is 22.6. The summed E-state index contributed by atoms with van der Waals surface area (Å²) >= 11 is 1.27. The van der Waals surface area contributed by atoms with Gasteiger partial charge in [-0.1, -0.05) is 0 Å². The van der Waals surface area contributed by atoms with Crippen LogP contribution in [0.4, 0.5) is 8.78 Å². The van der Waals surface area contributed by atoms with Crippen LogP contribution in [0.3, 0.4) is 0 Å². The monoisotopic (exact) mass is 288 g/mol. The molecule has 2 unspecified atom stereocenters. The Morgan fingerprint density at radius 3 is 2.84 bits per heavy atom. The highest BCUT2D eigenvalue weighted by Gasteiger charge is 2.40. The van der Waals surface area contributed by atoms with Crippen LogP contribution in [-0.2, 0) is 4.79 Å². The van der Waals surface area contributed by atoms with Crippen LogP contribution in [0.2, 0.25) is 0 Å². The van der Waals surface area contributed by atoms with Crippen molar-refractivity contribution in [2.24, 2.45) is 0 Å². The number of carboxylic acid groups (broad SMARTS) is 1. The molecule has 102 valence electrons. The van der Waals surface area contributed by atoms with Gasteiger partial charge < -0.3 is 10.0 Å². The number of hydrogen-bond acceptors (Lipinski definition) is 4. The topological polar surface area (TPSA) is 70.5 Å². The van der Waals surface area contributed by atoms with Crippen LogP contribution >= 0.6 is 11.8 Å². The minimum atomic E-state index is -1.38. The molecule has 0 radical (unpaired) electrons. The van der Waals surface area contributed by atoms with Gasteiger partial charge in [-0.2, -0.15) is 4.39 Å². The average Bonchev–Trinajstić information content (AvgIpc) is 2.74. The number of carboxylic acids is 1. The number of rotatable bonds is 2. The van der Waals surface area contributed by atoms with E-state index < -0.39 is 40.6 Å². The third-order valence-electron chi connectivity index (χ3n) is 2.82. The predicted molar refractivity (Wildman–Crippen MR) is 63.7 cm³/mol. The first-order chi connectivity index (χ1) is 8.93. The summed E-state index contributed by atoms with van der Waals surface area (Å²) in [4.78, 5) is 27.4.